The molecule has 0 saturated carbocycles. The smallest absolute Gasteiger partial charge is 0.407 e. The number of carbonyl (C=O) groups excluding carboxylic acids is 4. The first-order valence-corrected chi connectivity index (χ1v) is 11.0. The highest BCUT2D eigenvalue weighted by Gasteiger charge is 2.32. The Balaban J connectivity index is 1.93. The second kappa shape index (κ2) is 13.0. The van der Waals surface area contributed by atoms with E-state index in [4.69, 9.17) is 14.2 Å². The summed E-state index contributed by atoms with van der Waals surface area (Å²) in [6.45, 7) is 4.59. The monoisotopic (exact) mass is 471 g/mol. The van der Waals surface area contributed by atoms with Gasteiger partial charge in [0, 0.05) is 7.11 Å². The van der Waals surface area contributed by atoms with E-state index in [-0.39, 0.29) is 32.1 Å². The maximum Gasteiger partial charge on any atom is 0.407 e. The molecule has 3 amide bonds. The molecule has 1 aromatic rings. The van der Waals surface area contributed by atoms with Crippen LogP contribution in [0.1, 0.15) is 30.8 Å². The van der Waals surface area contributed by atoms with E-state index in [1.54, 1.807) is 21.0 Å². The number of alkyl carbamates (subject to hydrolysis) is 1. The third-order valence-electron chi connectivity index (χ3n) is 4.68. The van der Waals surface area contributed by atoms with Crippen LogP contribution in [0.25, 0.3) is 0 Å². The summed E-state index contributed by atoms with van der Waals surface area (Å²) in [5, 5.41) is 11.6. The molecule has 2 unspecified atom stereocenters. The number of ketones is 1. The van der Waals surface area contributed by atoms with Gasteiger partial charge in [-0.05, 0) is 30.3 Å². The van der Waals surface area contributed by atoms with Gasteiger partial charge in [0.15, 0.2) is 0 Å². The maximum absolute atomic E-state index is 12.8. The van der Waals surface area contributed by atoms with Crippen LogP contribution in [0.3, 0.4) is 0 Å². The molecule has 0 spiro atoms. The number of carbonyl (C=O) groups is 4. The van der Waals surface area contributed by atoms with Gasteiger partial charge in [0.1, 0.15) is 12.6 Å². The highest BCUT2D eigenvalue weighted by atomic mass is 32.1. The molecule has 1 aromatic heterocycles. The molecule has 0 fully saturated rings. The topological polar surface area (TPSA) is 158 Å². The number of nitrogens with one attached hydrogen (secondary N) is 3. The van der Waals surface area contributed by atoms with Crippen LogP contribution in [0.4, 0.5) is 4.79 Å². The first kappa shape index (κ1) is 25.6. The molecule has 3 N–H and O–H groups in total. The summed E-state index contributed by atoms with van der Waals surface area (Å²) in [4.78, 5) is 50.5. The van der Waals surface area contributed by atoms with Crippen LogP contribution in [0, 0.1) is 5.92 Å². The summed E-state index contributed by atoms with van der Waals surface area (Å²) in [5.41, 5.74) is 0.610. The van der Waals surface area contributed by atoms with Crippen molar-refractivity contribution >= 4 is 35.2 Å². The van der Waals surface area contributed by atoms with Gasteiger partial charge in [0.2, 0.25) is 11.7 Å². The van der Waals surface area contributed by atoms with Crippen LogP contribution in [0.5, 0.6) is 0 Å². The van der Waals surface area contributed by atoms with Gasteiger partial charge in [-0.25, -0.2) is 4.79 Å². The first-order chi connectivity index (χ1) is 15.3. The van der Waals surface area contributed by atoms with Crippen molar-refractivity contribution in [3.8, 4) is 0 Å². The van der Waals surface area contributed by atoms with Crippen molar-refractivity contribution in [3.63, 3.8) is 0 Å². The number of rotatable bonds is 10. The van der Waals surface area contributed by atoms with Crippen LogP contribution >= 0.6 is 11.5 Å². The number of Topliss-reactive ketones (excluding diaryl/α,β-unsaturated/α-hetero) is 1. The highest BCUT2D eigenvalue weighted by Crippen LogP contribution is 2.16. The predicted octanol–water partition coefficient (Wildman–Crippen LogP) is -0.432. The molecule has 2 heterocycles. The summed E-state index contributed by atoms with van der Waals surface area (Å²) in [6, 6.07) is -2.00. The Bertz CT molecular complexity index is 801. The quantitative estimate of drug-likeness (QED) is 0.304. The molecule has 12 nitrogen and oxygen atoms in total. The van der Waals surface area contributed by atoms with Gasteiger partial charge in [0.25, 0.3) is 5.91 Å². The summed E-state index contributed by atoms with van der Waals surface area (Å²) >= 11 is 1.19. The van der Waals surface area contributed by atoms with Crippen LogP contribution in [-0.2, 0) is 41.6 Å². The molecule has 0 aromatic carbocycles. The SMILES string of the molecule is COCCOCCOC(=O)NC(C(=O)NC1CCc2snnc2CNC(=O)C1=O)C(C)C. The van der Waals surface area contributed by atoms with Crippen molar-refractivity contribution < 1.29 is 33.4 Å². The molecule has 0 saturated heterocycles. The van der Waals surface area contributed by atoms with Crippen molar-refractivity contribution in [2.24, 2.45) is 5.92 Å². The zero-order valence-electron chi connectivity index (χ0n) is 18.3. The Morgan fingerprint density at radius 3 is 2.69 bits per heavy atom. The Morgan fingerprint density at radius 2 is 1.97 bits per heavy atom. The van der Waals surface area contributed by atoms with Gasteiger partial charge in [-0.15, -0.1) is 5.10 Å². The molecule has 178 valence electrons. The van der Waals surface area contributed by atoms with E-state index in [2.05, 4.69) is 25.5 Å². The molecule has 1 aliphatic heterocycles. The van der Waals surface area contributed by atoms with E-state index in [1.807, 2.05) is 0 Å². The van der Waals surface area contributed by atoms with Crippen LogP contribution in [0.15, 0.2) is 0 Å². The number of amides is 3. The number of aryl methyl sites for hydroxylation is 1. The fourth-order valence-corrected chi connectivity index (χ4v) is 3.57. The van der Waals surface area contributed by atoms with E-state index in [0.717, 1.165) is 4.88 Å². The lowest BCUT2D eigenvalue weighted by atomic mass is 10.0. The minimum atomic E-state index is -1.04. The van der Waals surface area contributed by atoms with Gasteiger partial charge in [-0.3, -0.25) is 14.4 Å². The third kappa shape index (κ3) is 7.80. The minimum absolute atomic E-state index is 0.00841. The van der Waals surface area contributed by atoms with Crippen LogP contribution < -0.4 is 16.0 Å². The zero-order valence-corrected chi connectivity index (χ0v) is 19.2. The number of ether oxygens (including phenoxy) is 3. The second-order valence-corrected chi connectivity index (χ2v) is 8.24. The van der Waals surface area contributed by atoms with Crippen molar-refractivity contribution in [3.05, 3.63) is 10.6 Å². The summed E-state index contributed by atoms with van der Waals surface area (Å²) in [5.74, 6) is -2.43. The van der Waals surface area contributed by atoms with Crippen LogP contribution in [0.2, 0.25) is 0 Å². The van der Waals surface area contributed by atoms with E-state index in [0.29, 0.717) is 25.3 Å². The molecule has 0 bridgehead atoms. The Kier molecular flexibility index (Phi) is 10.4. The molecule has 1 aliphatic rings. The van der Waals surface area contributed by atoms with Crippen molar-refractivity contribution in [2.45, 2.75) is 45.3 Å². The highest BCUT2D eigenvalue weighted by molar-refractivity contribution is 7.05. The van der Waals surface area contributed by atoms with Gasteiger partial charge in [0.05, 0.1) is 43.0 Å². The number of nitrogens with zero attached hydrogens (tertiary/aromatic N) is 2. The molecule has 2 atom stereocenters. The van der Waals surface area contributed by atoms with Gasteiger partial charge in [-0.2, -0.15) is 0 Å². The number of fused-ring (bicyclic) bond motifs is 1. The lowest BCUT2D eigenvalue weighted by molar-refractivity contribution is -0.140. The largest absolute Gasteiger partial charge is 0.447 e. The summed E-state index contributed by atoms with van der Waals surface area (Å²) < 4.78 is 18.9. The third-order valence-corrected chi connectivity index (χ3v) is 5.51. The Morgan fingerprint density at radius 1 is 1.22 bits per heavy atom. The number of hydrogen-bond acceptors (Lipinski definition) is 10. The van der Waals surface area contributed by atoms with Crippen molar-refractivity contribution in [1.82, 2.24) is 25.5 Å². The number of methoxy groups -OCH3 is 1. The maximum atomic E-state index is 12.8. The molecular weight excluding hydrogens is 442 g/mol. The lowest BCUT2D eigenvalue weighted by Crippen LogP contribution is -2.55. The molecule has 13 heteroatoms. The standard InChI is InChI=1S/C19H29N5O7S/c1-11(2)15(22-19(28)31-9-8-30-7-6-29-3)17(26)21-12-4-5-14-13(23-24-32-14)10-20-18(27)16(12)25/h11-12,15H,4-10H2,1-3H3,(H,20,27)(H,21,26)(H,22,28). The van der Waals surface area contributed by atoms with E-state index < -0.39 is 35.8 Å². The van der Waals surface area contributed by atoms with E-state index in [1.165, 1.54) is 11.5 Å². The second-order valence-electron chi connectivity index (χ2n) is 7.40. The van der Waals surface area contributed by atoms with Gasteiger partial charge in [-0.1, -0.05) is 18.3 Å². The van der Waals surface area contributed by atoms with Crippen molar-refractivity contribution in [1.29, 1.82) is 0 Å². The fraction of sp³-hybridized carbons (Fsp3) is 0.684. The van der Waals surface area contributed by atoms with Gasteiger partial charge < -0.3 is 30.2 Å². The van der Waals surface area contributed by atoms with E-state index >= 15 is 0 Å². The minimum Gasteiger partial charge on any atom is -0.447 e. The molecule has 2 rings (SSSR count). The molecular formula is C19H29N5O7S. The Labute approximate surface area is 189 Å². The van der Waals surface area contributed by atoms with E-state index in [9.17, 15) is 19.2 Å². The van der Waals surface area contributed by atoms with Gasteiger partial charge >= 0.3 is 6.09 Å². The summed E-state index contributed by atoms with van der Waals surface area (Å²) in [6.07, 6.45) is -0.139. The average Bonchev–Trinajstić information content (AvgIpc) is 3.22. The lowest BCUT2D eigenvalue weighted by Gasteiger charge is -2.24. The predicted molar refractivity (Wildman–Crippen MR) is 113 cm³/mol. The first-order valence-electron chi connectivity index (χ1n) is 10.3. The number of aromatic nitrogens is 2. The molecule has 0 aliphatic carbocycles. The summed E-state index contributed by atoms with van der Waals surface area (Å²) in [7, 11) is 1.55. The molecule has 0 radical (unpaired) electrons. The van der Waals surface area contributed by atoms with Crippen LogP contribution in [-0.4, -0.2) is 78.9 Å². The normalized spacial score (nSPS) is 17.4. The fourth-order valence-electron chi connectivity index (χ4n) is 2.91. The number of hydrogen-bond donors (Lipinski definition) is 3. The zero-order chi connectivity index (χ0) is 23.5. The Hall–Kier alpha value is -2.64. The molecule has 32 heavy (non-hydrogen) atoms. The van der Waals surface area contributed by atoms with Crippen molar-refractivity contribution in [2.75, 3.05) is 33.5 Å². The average molecular weight is 472 g/mol.